The van der Waals surface area contributed by atoms with Gasteiger partial charge in [0, 0.05) is 16.7 Å². The van der Waals surface area contributed by atoms with Gasteiger partial charge >= 0.3 is 5.97 Å². The highest BCUT2D eigenvalue weighted by atomic mass is 79.9. The van der Waals surface area contributed by atoms with Crippen molar-refractivity contribution in [2.24, 2.45) is 0 Å². The van der Waals surface area contributed by atoms with E-state index in [1.54, 1.807) is 18.2 Å². The fourth-order valence-electron chi connectivity index (χ4n) is 1.69. The van der Waals surface area contributed by atoms with E-state index in [0.29, 0.717) is 18.9 Å². The average Bonchev–Trinajstić information content (AvgIpc) is 2.46. The van der Waals surface area contributed by atoms with Crippen LogP contribution in [0.1, 0.15) is 10.4 Å². The van der Waals surface area contributed by atoms with Crippen molar-refractivity contribution in [1.82, 2.24) is 0 Å². The van der Waals surface area contributed by atoms with E-state index in [0.717, 1.165) is 10.2 Å². The minimum atomic E-state index is -0.985. The zero-order valence-corrected chi connectivity index (χ0v) is 12.3. The first-order chi connectivity index (χ1) is 9.66. The van der Waals surface area contributed by atoms with Crippen LogP contribution in [0, 0.1) is 0 Å². The molecule has 0 aliphatic heterocycles. The predicted molar refractivity (Wildman–Crippen MR) is 81.5 cm³/mol. The summed E-state index contributed by atoms with van der Waals surface area (Å²) in [4.78, 5) is 11.0. The number of carboxylic acid groups (broad SMARTS) is 1. The van der Waals surface area contributed by atoms with Gasteiger partial charge in [-0.05, 0) is 36.4 Å². The molecule has 5 heteroatoms. The van der Waals surface area contributed by atoms with Crippen molar-refractivity contribution in [3.8, 4) is 5.75 Å². The lowest BCUT2D eigenvalue weighted by Crippen LogP contribution is -2.13. The Hall–Kier alpha value is -2.01. The van der Waals surface area contributed by atoms with Crippen LogP contribution in [0.25, 0.3) is 0 Å². The number of rotatable bonds is 6. The predicted octanol–water partition coefficient (Wildman–Crippen LogP) is 3.64. The van der Waals surface area contributed by atoms with Gasteiger partial charge in [-0.3, -0.25) is 0 Å². The van der Waals surface area contributed by atoms with Gasteiger partial charge in [-0.15, -0.1) is 0 Å². The molecule has 0 aromatic heterocycles. The summed E-state index contributed by atoms with van der Waals surface area (Å²) in [5.74, 6) is -0.598. The molecule has 0 spiro atoms. The molecule has 0 fully saturated rings. The summed E-state index contributed by atoms with van der Waals surface area (Å²) < 4.78 is 6.51. The lowest BCUT2D eigenvalue weighted by molar-refractivity contribution is 0.0692. The largest absolute Gasteiger partial charge is 0.491 e. The van der Waals surface area contributed by atoms with Crippen molar-refractivity contribution < 1.29 is 14.6 Å². The Balaban J connectivity index is 1.84. The fourth-order valence-corrected chi connectivity index (χ4v) is 1.96. The molecule has 0 saturated heterocycles. The molecule has 20 heavy (non-hydrogen) atoms. The molecule has 104 valence electrons. The number of carboxylic acids is 1. The lowest BCUT2D eigenvalue weighted by atomic mass is 10.2. The number of carbonyl (C=O) groups is 1. The Kier molecular flexibility index (Phi) is 5.01. The number of para-hydroxylation sites is 1. The smallest absolute Gasteiger partial charge is 0.339 e. The molecule has 0 aliphatic rings. The van der Waals surface area contributed by atoms with Gasteiger partial charge in [0.25, 0.3) is 0 Å². The van der Waals surface area contributed by atoms with Crippen molar-refractivity contribution in [1.29, 1.82) is 0 Å². The summed E-state index contributed by atoms with van der Waals surface area (Å²) in [7, 11) is 0. The molecule has 0 atom stereocenters. The van der Waals surface area contributed by atoms with Gasteiger partial charge in [-0.2, -0.15) is 0 Å². The molecule has 0 heterocycles. The first-order valence-corrected chi connectivity index (χ1v) is 6.90. The SMILES string of the molecule is O=C(O)c1ccccc1OCCNc1ccc(Br)cc1. The number of ether oxygens (including phenoxy) is 1. The summed E-state index contributed by atoms with van der Waals surface area (Å²) in [5, 5.41) is 12.2. The Morgan fingerprint density at radius 1 is 1.15 bits per heavy atom. The Morgan fingerprint density at radius 2 is 1.85 bits per heavy atom. The molecule has 0 saturated carbocycles. The molecule has 0 unspecified atom stereocenters. The maximum absolute atomic E-state index is 11.0. The molecule has 2 aromatic rings. The average molecular weight is 336 g/mol. The molecule has 0 aliphatic carbocycles. The number of halogens is 1. The second kappa shape index (κ2) is 6.96. The quantitative estimate of drug-likeness (QED) is 0.791. The van der Waals surface area contributed by atoms with E-state index in [1.807, 2.05) is 24.3 Å². The summed E-state index contributed by atoms with van der Waals surface area (Å²) in [6, 6.07) is 14.4. The molecule has 0 bridgehead atoms. The molecular formula is C15H14BrNO3. The van der Waals surface area contributed by atoms with Crippen molar-refractivity contribution in [3.05, 3.63) is 58.6 Å². The molecular weight excluding hydrogens is 322 g/mol. The number of benzene rings is 2. The first-order valence-electron chi connectivity index (χ1n) is 6.11. The first kappa shape index (κ1) is 14.4. The highest BCUT2D eigenvalue weighted by Gasteiger charge is 2.09. The number of nitrogens with one attached hydrogen (secondary N) is 1. The van der Waals surface area contributed by atoms with Crippen molar-refractivity contribution in [2.75, 3.05) is 18.5 Å². The zero-order chi connectivity index (χ0) is 14.4. The van der Waals surface area contributed by atoms with Gasteiger partial charge in [-0.25, -0.2) is 4.79 Å². The normalized spacial score (nSPS) is 10.1. The van der Waals surface area contributed by atoms with Gasteiger partial charge in [0.1, 0.15) is 17.9 Å². The van der Waals surface area contributed by atoms with Gasteiger partial charge in [-0.1, -0.05) is 28.1 Å². The van der Waals surface area contributed by atoms with Gasteiger partial charge < -0.3 is 15.2 Å². The summed E-state index contributed by atoms with van der Waals surface area (Å²) in [5.41, 5.74) is 1.17. The van der Waals surface area contributed by atoms with Crippen LogP contribution < -0.4 is 10.1 Å². The van der Waals surface area contributed by atoms with Gasteiger partial charge in [0.05, 0.1) is 0 Å². The monoisotopic (exact) mass is 335 g/mol. The fraction of sp³-hybridized carbons (Fsp3) is 0.133. The highest BCUT2D eigenvalue weighted by Crippen LogP contribution is 2.18. The maximum atomic E-state index is 11.0. The molecule has 0 amide bonds. The second-order valence-electron chi connectivity index (χ2n) is 4.08. The molecule has 2 rings (SSSR count). The minimum absolute atomic E-state index is 0.177. The van der Waals surface area contributed by atoms with E-state index < -0.39 is 5.97 Å². The molecule has 0 radical (unpaired) electrons. The molecule has 4 nitrogen and oxygen atoms in total. The minimum Gasteiger partial charge on any atom is -0.491 e. The Bertz CT molecular complexity index is 584. The van der Waals surface area contributed by atoms with Crippen molar-refractivity contribution in [3.63, 3.8) is 0 Å². The number of anilines is 1. The third kappa shape index (κ3) is 3.99. The van der Waals surface area contributed by atoms with Crippen LogP contribution in [0.4, 0.5) is 5.69 Å². The number of aromatic carboxylic acids is 1. The standard InChI is InChI=1S/C15H14BrNO3/c16-11-5-7-12(8-6-11)17-9-10-20-14-4-2-1-3-13(14)15(18)19/h1-8,17H,9-10H2,(H,18,19). The lowest BCUT2D eigenvalue weighted by Gasteiger charge is -2.10. The van der Waals surface area contributed by atoms with Crippen LogP contribution in [0.3, 0.4) is 0 Å². The maximum Gasteiger partial charge on any atom is 0.339 e. The van der Waals surface area contributed by atoms with E-state index >= 15 is 0 Å². The molecule has 2 aromatic carbocycles. The van der Waals surface area contributed by atoms with Crippen molar-refractivity contribution in [2.45, 2.75) is 0 Å². The zero-order valence-electron chi connectivity index (χ0n) is 10.7. The Labute approximate surface area is 125 Å². The summed E-state index contributed by atoms with van der Waals surface area (Å²) >= 11 is 3.37. The van der Waals surface area contributed by atoms with E-state index in [1.165, 1.54) is 6.07 Å². The third-order valence-corrected chi connectivity index (χ3v) is 3.18. The van der Waals surface area contributed by atoms with E-state index in [-0.39, 0.29) is 5.56 Å². The van der Waals surface area contributed by atoms with Crippen LogP contribution in [-0.2, 0) is 0 Å². The van der Waals surface area contributed by atoms with E-state index in [2.05, 4.69) is 21.2 Å². The van der Waals surface area contributed by atoms with Crippen LogP contribution in [0.2, 0.25) is 0 Å². The molecule has 2 N–H and O–H groups in total. The van der Waals surface area contributed by atoms with Crippen LogP contribution >= 0.6 is 15.9 Å². The van der Waals surface area contributed by atoms with Crippen LogP contribution in [-0.4, -0.2) is 24.2 Å². The number of hydrogen-bond donors (Lipinski definition) is 2. The second-order valence-corrected chi connectivity index (χ2v) is 5.00. The summed E-state index contributed by atoms with van der Waals surface area (Å²) in [6.45, 7) is 0.982. The van der Waals surface area contributed by atoms with E-state index in [9.17, 15) is 4.79 Å². The highest BCUT2D eigenvalue weighted by molar-refractivity contribution is 9.10. The van der Waals surface area contributed by atoms with Gasteiger partial charge in [0.2, 0.25) is 0 Å². The van der Waals surface area contributed by atoms with Crippen molar-refractivity contribution >= 4 is 27.6 Å². The van der Waals surface area contributed by atoms with Crippen LogP contribution in [0.15, 0.2) is 53.0 Å². The van der Waals surface area contributed by atoms with E-state index in [4.69, 9.17) is 9.84 Å². The topological polar surface area (TPSA) is 58.6 Å². The summed E-state index contributed by atoms with van der Waals surface area (Å²) in [6.07, 6.45) is 0. The van der Waals surface area contributed by atoms with Crippen LogP contribution in [0.5, 0.6) is 5.75 Å². The third-order valence-electron chi connectivity index (χ3n) is 2.65. The number of hydrogen-bond acceptors (Lipinski definition) is 3. The Morgan fingerprint density at radius 3 is 2.55 bits per heavy atom. The van der Waals surface area contributed by atoms with Gasteiger partial charge in [0.15, 0.2) is 0 Å².